The molecule has 0 aliphatic rings. The first-order chi connectivity index (χ1) is 5.04. The molecular formula is C4H8ClN2O4. The number of hydrogen-bond acceptors (Lipinski definition) is 3. The maximum Gasteiger partial charge on any atom is 0.321 e. The monoisotopic (exact) mass is 183 g/mol. The van der Waals surface area contributed by atoms with Gasteiger partial charge in [-0.1, -0.05) is 0 Å². The zero-order chi connectivity index (χ0) is 9.44. The van der Waals surface area contributed by atoms with E-state index in [1.54, 1.807) is 0 Å². The molecule has 7 heteroatoms. The molecule has 0 fully saturated rings. The summed E-state index contributed by atoms with van der Waals surface area (Å²) in [5.74, 6) is -2.50. The quantitative estimate of drug-likeness (QED) is 0.533. The minimum Gasteiger partial charge on any atom is -0.481 e. The zero-order valence-electron chi connectivity index (χ0n) is 5.45. The van der Waals surface area contributed by atoms with Gasteiger partial charge in [-0.3, -0.25) is 9.59 Å². The van der Waals surface area contributed by atoms with Gasteiger partial charge in [0, 0.05) is 0 Å². The van der Waals surface area contributed by atoms with Gasteiger partial charge in [-0.15, -0.1) is 0 Å². The molecule has 5 N–H and O–H groups in total. The molecule has 0 heterocycles. The third kappa shape index (κ3) is 9.15. The predicted octanol–water partition coefficient (Wildman–Crippen LogP) is -0.704. The standard InChI is InChI=1S/C4H7NO4.ClHN/c5-2(4(8)9)1-3(6)7;1-2/h2H,1,5H2,(H,6,7)(H,8,9);2H/t2-;/m0./s1. The number of halogens is 1. The lowest BCUT2D eigenvalue weighted by atomic mass is 10.2. The molecule has 0 amide bonds. The van der Waals surface area contributed by atoms with Gasteiger partial charge in [0.15, 0.2) is 0 Å². The molecule has 0 saturated carbocycles. The van der Waals surface area contributed by atoms with Crippen molar-refractivity contribution in [3.63, 3.8) is 0 Å². The van der Waals surface area contributed by atoms with Crippen molar-refractivity contribution in [3.8, 4) is 0 Å². The van der Waals surface area contributed by atoms with Gasteiger partial charge in [0.1, 0.15) is 6.04 Å². The highest BCUT2D eigenvalue weighted by molar-refractivity contribution is 6.10. The Morgan fingerprint density at radius 2 is 1.82 bits per heavy atom. The van der Waals surface area contributed by atoms with Crippen molar-refractivity contribution in [2.45, 2.75) is 12.5 Å². The number of carboxylic acid groups (broad SMARTS) is 2. The molecule has 0 aliphatic carbocycles. The molecule has 0 rings (SSSR count). The maximum absolute atomic E-state index is 9.85. The Labute approximate surface area is 67.8 Å². The minimum atomic E-state index is -1.29. The van der Waals surface area contributed by atoms with Crippen LogP contribution in [0.15, 0.2) is 0 Å². The normalized spacial score (nSPS) is 10.8. The van der Waals surface area contributed by atoms with Crippen LogP contribution < -0.4 is 11.0 Å². The second-order valence-electron chi connectivity index (χ2n) is 1.54. The molecule has 11 heavy (non-hydrogen) atoms. The molecule has 65 valence electrons. The summed E-state index contributed by atoms with van der Waals surface area (Å²) in [5, 5.41) is 21.3. The van der Waals surface area contributed by atoms with E-state index in [9.17, 15) is 9.59 Å². The Hall–Kier alpha value is -0.850. The molecule has 0 aromatic carbocycles. The fourth-order valence-electron chi connectivity index (χ4n) is 0.275. The highest BCUT2D eigenvalue weighted by Gasteiger charge is 2.14. The van der Waals surface area contributed by atoms with E-state index in [2.05, 4.69) is 11.8 Å². The maximum atomic E-state index is 9.85. The molecule has 0 saturated heterocycles. The van der Waals surface area contributed by atoms with E-state index in [1.165, 1.54) is 0 Å². The summed E-state index contributed by atoms with van der Waals surface area (Å²) in [5.41, 5.74) is 4.84. The number of carbonyl (C=O) groups is 2. The molecule has 0 bridgehead atoms. The van der Waals surface area contributed by atoms with Crippen LogP contribution in [-0.4, -0.2) is 28.2 Å². The third-order valence-corrected chi connectivity index (χ3v) is 0.712. The molecule has 0 aliphatic heterocycles. The smallest absolute Gasteiger partial charge is 0.321 e. The Morgan fingerprint density at radius 1 is 1.45 bits per heavy atom. The highest BCUT2D eigenvalue weighted by atomic mass is 35.5. The molecule has 1 atom stereocenters. The van der Waals surface area contributed by atoms with Crippen LogP contribution in [-0.2, 0) is 9.59 Å². The van der Waals surface area contributed by atoms with E-state index in [0.717, 1.165) is 0 Å². The topological polar surface area (TPSA) is 124 Å². The van der Waals surface area contributed by atoms with Crippen LogP contribution in [0, 0.1) is 0 Å². The van der Waals surface area contributed by atoms with Gasteiger partial charge >= 0.3 is 11.9 Å². The SMILES string of the molecule is N[C@@H](CC(=O)O)C(=O)O.[NH]Cl. The number of carboxylic acids is 2. The van der Waals surface area contributed by atoms with Crippen LogP contribution in [0.5, 0.6) is 0 Å². The fraction of sp³-hybridized carbons (Fsp3) is 0.500. The van der Waals surface area contributed by atoms with Crippen LogP contribution in [0.4, 0.5) is 0 Å². The van der Waals surface area contributed by atoms with Crippen molar-refractivity contribution >= 4 is 23.7 Å². The van der Waals surface area contributed by atoms with Crippen LogP contribution in [0.1, 0.15) is 6.42 Å². The van der Waals surface area contributed by atoms with Gasteiger partial charge < -0.3 is 15.9 Å². The molecule has 1 radical (unpaired) electrons. The number of nitrogens with two attached hydrogens (primary N) is 1. The third-order valence-electron chi connectivity index (χ3n) is 0.712. The highest BCUT2D eigenvalue weighted by Crippen LogP contribution is 1.86. The van der Waals surface area contributed by atoms with Crippen LogP contribution in [0.2, 0.25) is 0 Å². The predicted molar refractivity (Wildman–Crippen MR) is 36.8 cm³/mol. The number of aliphatic carboxylic acids is 2. The zero-order valence-corrected chi connectivity index (χ0v) is 6.21. The lowest BCUT2D eigenvalue weighted by molar-refractivity contribution is -0.144. The molecule has 6 nitrogen and oxygen atoms in total. The summed E-state index contributed by atoms with van der Waals surface area (Å²) in [4.78, 5) is 19.6. The Balaban J connectivity index is 0. The molecular weight excluding hydrogens is 176 g/mol. The second-order valence-corrected chi connectivity index (χ2v) is 1.54. The first-order valence-electron chi connectivity index (χ1n) is 2.43. The first-order valence-corrected chi connectivity index (χ1v) is 2.81. The summed E-state index contributed by atoms with van der Waals surface area (Å²) < 4.78 is 0. The van der Waals surface area contributed by atoms with E-state index >= 15 is 0 Å². The van der Waals surface area contributed by atoms with E-state index < -0.39 is 24.4 Å². The molecule has 0 unspecified atom stereocenters. The van der Waals surface area contributed by atoms with E-state index in [4.69, 9.17) is 21.2 Å². The fourth-order valence-corrected chi connectivity index (χ4v) is 0.275. The van der Waals surface area contributed by atoms with Crippen molar-refractivity contribution in [2.75, 3.05) is 0 Å². The number of rotatable bonds is 3. The van der Waals surface area contributed by atoms with Gasteiger partial charge in [-0.2, -0.15) is 5.25 Å². The summed E-state index contributed by atoms with van der Waals surface area (Å²) in [6.07, 6.45) is -0.532. The van der Waals surface area contributed by atoms with Gasteiger partial charge in [-0.05, 0) is 11.8 Å². The lowest BCUT2D eigenvalue weighted by Gasteiger charge is -1.99. The Bertz CT molecular complexity index is 140. The van der Waals surface area contributed by atoms with E-state index in [-0.39, 0.29) is 0 Å². The van der Waals surface area contributed by atoms with Crippen LogP contribution >= 0.6 is 11.8 Å². The van der Waals surface area contributed by atoms with Crippen molar-refractivity contribution in [1.29, 1.82) is 0 Å². The van der Waals surface area contributed by atoms with E-state index in [1.807, 2.05) is 0 Å². The van der Waals surface area contributed by atoms with Gasteiger partial charge in [0.05, 0.1) is 6.42 Å². The summed E-state index contributed by atoms with van der Waals surface area (Å²) >= 11 is 3.89. The summed E-state index contributed by atoms with van der Waals surface area (Å²) in [6.45, 7) is 0. The summed E-state index contributed by atoms with van der Waals surface area (Å²) in [7, 11) is 0. The Kier molecular flexibility index (Phi) is 8.44. The van der Waals surface area contributed by atoms with Gasteiger partial charge in [0.2, 0.25) is 0 Å². The largest absolute Gasteiger partial charge is 0.481 e. The van der Waals surface area contributed by atoms with E-state index in [0.29, 0.717) is 0 Å². The number of hydrogen-bond donors (Lipinski definition) is 3. The molecule has 0 spiro atoms. The van der Waals surface area contributed by atoms with Crippen molar-refractivity contribution in [1.82, 2.24) is 5.25 Å². The lowest BCUT2D eigenvalue weighted by Crippen LogP contribution is -2.32. The van der Waals surface area contributed by atoms with Gasteiger partial charge in [0.25, 0.3) is 0 Å². The Morgan fingerprint density at radius 3 is 1.91 bits per heavy atom. The second kappa shape index (κ2) is 7.26. The van der Waals surface area contributed by atoms with Crippen LogP contribution in [0.25, 0.3) is 0 Å². The summed E-state index contributed by atoms with van der Waals surface area (Å²) in [6, 6.07) is -1.29. The molecule has 0 aromatic rings. The average Bonchev–Trinajstić information content (AvgIpc) is 1.90. The molecule has 0 aromatic heterocycles. The average molecular weight is 184 g/mol. The van der Waals surface area contributed by atoms with Crippen molar-refractivity contribution in [3.05, 3.63) is 0 Å². The first kappa shape index (κ1) is 12.8. The minimum absolute atomic E-state index is 0.532. The number of nitrogens with one attached hydrogen (secondary N) is 1. The van der Waals surface area contributed by atoms with Crippen LogP contribution in [0.3, 0.4) is 0 Å². The van der Waals surface area contributed by atoms with Crippen molar-refractivity contribution in [2.24, 2.45) is 5.73 Å². The van der Waals surface area contributed by atoms with Gasteiger partial charge in [-0.25, -0.2) is 0 Å². The van der Waals surface area contributed by atoms with Crippen molar-refractivity contribution < 1.29 is 19.8 Å².